The second-order valence-corrected chi connectivity index (χ2v) is 5.71. The molecule has 1 aromatic carbocycles. The summed E-state index contributed by atoms with van der Waals surface area (Å²) in [6.07, 6.45) is 1.45. The fourth-order valence-corrected chi connectivity index (χ4v) is 2.40. The summed E-state index contributed by atoms with van der Waals surface area (Å²) in [4.78, 5) is 38.3. The van der Waals surface area contributed by atoms with Gasteiger partial charge in [-0.2, -0.15) is 0 Å². The van der Waals surface area contributed by atoms with E-state index in [1.54, 1.807) is 18.2 Å². The molecule has 1 aliphatic heterocycles. The third-order valence-corrected chi connectivity index (χ3v) is 4.26. The number of thiocarbonyl (C=S) groups is 1. The number of rotatable bonds is 5. The van der Waals surface area contributed by atoms with Crippen LogP contribution in [0.3, 0.4) is 0 Å². The van der Waals surface area contributed by atoms with Crippen LogP contribution in [0.15, 0.2) is 23.8 Å². The maximum atomic E-state index is 12.3. The van der Waals surface area contributed by atoms with E-state index >= 15 is 0 Å². The molecule has 0 atom stereocenters. The van der Waals surface area contributed by atoms with Crippen LogP contribution in [0.1, 0.15) is 5.56 Å². The Morgan fingerprint density at radius 3 is 2.27 bits per heavy atom. The largest absolute Gasteiger partial charge is 0.493 e. The highest BCUT2D eigenvalue weighted by Crippen LogP contribution is 2.29. The molecule has 0 unspecified atom stereocenters. The van der Waals surface area contributed by atoms with Crippen LogP contribution in [-0.4, -0.2) is 67.6 Å². The molecule has 1 aliphatic rings. The first-order valence-electron chi connectivity index (χ1n) is 7.49. The molecule has 0 bridgehead atoms. The van der Waals surface area contributed by atoms with Gasteiger partial charge in [-0.15, -0.1) is 0 Å². The van der Waals surface area contributed by atoms with Crippen LogP contribution >= 0.6 is 12.2 Å². The van der Waals surface area contributed by atoms with Crippen molar-refractivity contribution in [3.8, 4) is 11.5 Å². The Labute approximate surface area is 155 Å². The van der Waals surface area contributed by atoms with Gasteiger partial charge in [0.1, 0.15) is 5.57 Å². The maximum Gasteiger partial charge on any atom is 0.343 e. The average Bonchev–Trinajstić information content (AvgIpc) is 2.66. The molecule has 8 nitrogen and oxygen atoms in total. The van der Waals surface area contributed by atoms with Crippen LogP contribution < -0.4 is 9.47 Å². The van der Waals surface area contributed by atoms with Crippen molar-refractivity contribution < 1.29 is 28.6 Å². The van der Waals surface area contributed by atoms with E-state index in [1.165, 1.54) is 44.2 Å². The Kier molecular flexibility index (Phi) is 5.93. The summed E-state index contributed by atoms with van der Waals surface area (Å²) in [5, 5.41) is 0.140. The predicted molar refractivity (Wildman–Crippen MR) is 96.6 cm³/mol. The Morgan fingerprint density at radius 2 is 1.73 bits per heavy atom. The topological polar surface area (TPSA) is 85.4 Å². The van der Waals surface area contributed by atoms with Gasteiger partial charge in [-0.1, -0.05) is 6.07 Å². The Morgan fingerprint density at radius 1 is 1.12 bits per heavy atom. The predicted octanol–water partition coefficient (Wildman–Crippen LogP) is 0.846. The summed E-state index contributed by atoms with van der Waals surface area (Å²) in [5.74, 6) is -0.821. The highest BCUT2D eigenvalue weighted by atomic mass is 32.1. The number of amides is 2. The smallest absolute Gasteiger partial charge is 0.343 e. The molecule has 0 saturated carbocycles. The van der Waals surface area contributed by atoms with E-state index in [0.717, 1.165) is 0 Å². The molecule has 26 heavy (non-hydrogen) atoms. The standard InChI is InChI=1S/C17H18N2O6S/c1-18-15(21)11(16(22)19(2)17(18)26)7-10-5-6-12(13(8-10)23-3)25-9-14(20)24-4/h5-8H,9H2,1-4H3. The molecular weight excluding hydrogens is 360 g/mol. The van der Waals surface area contributed by atoms with Crippen molar-refractivity contribution in [1.82, 2.24) is 9.80 Å². The van der Waals surface area contributed by atoms with Crippen molar-refractivity contribution in [2.24, 2.45) is 0 Å². The lowest BCUT2D eigenvalue weighted by atomic mass is 10.1. The number of ether oxygens (including phenoxy) is 3. The monoisotopic (exact) mass is 378 g/mol. The fourth-order valence-electron chi connectivity index (χ4n) is 2.23. The molecule has 1 saturated heterocycles. The van der Waals surface area contributed by atoms with E-state index in [1.807, 2.05) is 0 Å². The summed E-state index contributed by atoms with van der Waals surface area (Å²) in [6.45, 7) is -0.267. The summed E-state index contributed by atoms with van der Waals surface area (Å²) >= 11 is 5.05. The van der Waals surface area contributed by atoms with Crippen LogP contribution in [-0.2, 0) is 19.1 Å². The van der Waals surface area contributed by atoms with Gasteiger partial charge in [0.15, 0.2) is 23.2 Å². The number of likely N-dealkylation sites (N-methyl/N-ethyl adjacent to an activating group) is 2. The van der Waals surface area contributed by atoms with Gasteiger partial charge in [-0.25, -0.2) is 4.79 Å². The first kappa shape index (κ1) is 19.4. The van der Waals surface area contributed by atoms with E-state index in [0.29, 0.717) is 17.1 Å². The summed E-state index contributed by atoms with van der Waals surface area (Å²) in [6, 6.07) is 4.80. The Hall–Kier alpha value is -2.94. The first-order valence-corrected chi connectivity index (χ1v) is 7.90. The van der Waals surface area contributed by atoms with E-state index in [4.69, 9.17) is 21.7 Å². The molecule has 2 amide bonds. The van der Waals surface area contributed by atoms with Gasteiger partial charge in [-0.05, 0) is 36.0 Å². The van der Waals surface area contributed by atoms with E-state index < -0.39 is 17.8 Å². The van der Waals surface area contributed by atoms with Crippen molar-refractivity contribution in [3.63, 3.8) is 0 Å². The molecule has 1 aromatic rings. The quantitative estimate of drug-likeness (QED) is 0.325. The summed E-state index contributed by atoms with van der Waals surface area (Å²) in [7, 11) is 5.71. The molecule has 1 heterocycles. The van der Waals surface area contributed by atoms with Gasteiger partial charge in [0.05, 0.1) is 14.2 Å². The van der Waals surface area contributed by atoms with Crippen LogP contribution in [0.4, 0.5) is 0 Å². The lowest BCUT2D eigenvalue weighted by Gasteiger charge is -2.31. The van der Waals surface area contributed by atoms with Gasteiger partial charge in [0.25, 0.3) is 11.8 Å². The number of esters is 1. The second kappa shape index (κ2) is 7.96. The molecule has 9 heteroatoms. The summed E-state index contributed by atoms with van der Waals surface area (Å²) < 4.78 is 15.1. The lowest BCUT2D eigenvalue weighted by molar-refractivity contribution is -0.143. The van der Waals surface area contributed by atoms with Crippen LogP contribution in [0.5, 0.6) is 11.5 Å². The molecular formula is C17H18N2O6S. The fraction of sp³-hybridized carbons (Fsp3) is 0.294. The molecule has 0 N–H and O–H groups in total. The average molecular weight is 378 g/mol. The van der Waals surface area contributed by atoms with Crippen molar-refractivity contribution in [1.29, 1.82) is 0 Å². The van der Waals surface area contributed by atoms with E-state index in [2.05, 4.69) is 4.74 Å². The molecule has 1 fully saturated rings. The zero-order valence-electron chi connectivity index (χ0n) is 14.8. The number of nitrogens with zero attached hydrogens (tertiary/aromatic N) is 2. The number of carbonyl (C=O) groups is 3. The minimum atomic E-state index is -0.529. The number of hydrogen-bond donors (Lipinski definition) is 0. The molecule has 0 aliphatic carbocycles. The molecule has 2 rings (SSSR count). The number of carbonyl (C=O) groups excluding carboxylic acids is 3. The van der Waals surface area contributed by atoms with Crippen LogP contribution in [0, 0.1) is 0 Å². The highest BCUT2D eigenvalue weighted by Gasteiger charge is 2.35. The van der Waals surface area contributed by atoms with E-state index in [-0.39, 0.29) is 17.3 Å². The second-order valence-electron chi connectivity index (χ2n) is 5.34. The molecule has 0 radical (unpaired) electrons. The van der Waals surface area contributed by atoms with Gasteiger partial charge in [0, 0.05) is 14.1 Å². The van der Waals surface area contributed by atoms with Crippen molar-refractivity contribution in [2.75, 3.05) is 34.9 Å². The van der Waals surface area contributed by atoms with Crippen LogP contribution in [0.2, 0.25) is 0 Å². The zero-order valence-corrected chi connectivity index (χ0v) is 15.6. The molecule has 0 aromatic heterocycles. The summed E-state index contributed by atoms with van der Waals surface area (Å²) in [5.41, 5.74) is 0.535. The number of hydrogen-bond acceptors (Lipinski definition) is 7. The van der Waals surface area contributed by atoms with Crippen molar-refractivity contribution >= 4 is 41.2 Å². The minimum Gasteiger partial charge on any atom is -0.493 e. The van der Waals surface area contributed by atoms with Gasteiger partial charge >= 0.3 is 5.97 Å². The minimum absolute atomic E-state index is 0.0196. The zero-order chi connectivity index (χ0) is 19.4. The van der Waals surface area contributed by atoms with Gasteiger partial charge in [-0.3, -0.25) is 19.4 Å². The van der Waals surface area contributed by atoms with E-state index in [9.17, 15) is 14.4 Å². The number of methoxy groups -OCH3 is 2. The van der Waals surface area contributed by atoms with Crippen molar-refractivity contribution in [3.05, 3.63) is 29.3 Å². The first-order chi connectivity index (χ1) is 12.3. The molecule has 0 spiro atoms. The SMILES string of the molecule is COC(=O)COc1ccc(C=C2C(=O)N(C)C(=S)N(C)C2=O)cc1OC. The van der Waals surface area contributed by atoms with Gasteiger partial charge < -0.3 is 14.2 Å². The number of benzene rings is 1. The van der Waals surface area contributed by atoms with Crippen LogP contribution in [0.25, 0.3) is 6.08 Å². The Bertz CT molecular complexity index is 778. The Balaban J connectivity index is 2.32. The normalized spacial score (nSPS) is 14.5. The third kappa shape index (κ3) is 3.83. The van der Waals surface area contributed by atoms with Gasteiger partial charge in [0.2, 0.25) is 0 Å². The maximum absolute atomic E-state index is 12.3. The molecule has 138 valence electrons. The lowest BCUT2D eigenvalue weighted by Crippen LogP contribution is -2.52. The van der Waals surface area contributed by atoms with Crippen molar-refractivity contribution in [2.45, 2.75) is 0 Å². The third-order valence-electron chi connectivity index (χ3n) is 3.72. The highest BCUT2D eigenvalue weighted by molar-refractivity contribution is 7.80.